The van der Waals surface area contributed by atoms with Gasteiger partial charge in [0.1, 0.15) is 5.75 Å². The Kier molecular flexibility index (Phi) is 7.15. The van der Waals surface area contributed by atoms with Crippen molar-refractivity contribution in [3.63, 3.8) is 0 Å². The molecule has 0 aliphatic heterocycles. The predicted octanol–water partition coefficient (Wildman–Crippen LogP) is 4.14. The van der Waals surface area contributed by atoms with Gasteiger partial charge in [-0.2, -0.15) is 0 Å². The Morgan fingerprint density at radius 1 is 0.966 bits per heavy atom. The standard InChI is InChI=1S/C23H27NO5/c1-15(25)17-6-10-19(11-7-17)24-21(26)14-28-22(27)16(2)29-20-12-8-18(9-13-20)23(3,4)5/h6-13,16H,14H2,1-5H3,(H,24,26)/t16-/m1/s1. The summed E-state index contributed by atoms with van der Waals surface area (Å²) in [6, 6.07) is 14.0. The maximum atomic E-state index is 12.1. The SMILES string of the molecule is CC(=O)c1ccc(NC(=O)COC(=O)[C@@H](C)Oc2ccc(C(C)(C)C)cc2)cc1. The van der Waals surface area contributed by atoms with Crippen LogP contribution in [-0.2, 0) is 19.7 Å². The molecule has 29 heavy (non-hydrogen) atoms. The van der Waals surface area contributed by atoms with Gasteiger partial charge < -0.3 is 14.8 Å². The number of carbonyl (C=O) groups is 3. The maximum absolute atomic E-state index is 12.1. The highest BCUT2D eigenvalue weighted by molar-refractivity contribution is 5.96. The number of ketones is 1. The number of hydrogen-bond donors (Lipinski definition) is 1. The van der Waals surface area contributed by atoms with E-state index in [9.17, 15) is 14.4 Å². The lowest BCUT2D eigenvalue weighted by molar-refractivity contribution is -0.153. The number of ether oxygens (including phenoxy) is 2. The van der Waals surface area contributed by atoms with Crippen LogP contribution in [0.25, 0.3) is 0 Å². The van der Waals surface area contributed by atoms with Crippen LogP contribution in [0.15, 0.2) is 48.5 Å². The number of carbonyl (C=O) groups excluding carboxylic acids is 3. The van der Waals surface area contributed by atoms with E-state index in [2.05, 4.69) is 26.1 Å². The first kappa shape index (κ1) is 22.1. The largest absolute Gasteiger partial charge is 0.479 e. The predicted molar refractivity (Wildman–Crippen MR) is 111 cm³/mol. The number of amides is 1. The first-order valence-corrected chi connectivity index (χ1v) is 9.41. The zero-order valence-electron chi connectivity index (χ0n) is 17.4. The molecule has 1 amide bonds. The van der Waals surface area contributed by atoms with Crippen LogP contribution in [-0.4, -0.2) is 30.4 Å². The third-order valence-electron chi connectivity index (χ3n) is 4.29. The van der Waals surface area contributed by atoms with Gasteiger partial charge in [0.2, 0.25) is 0 Å². The van der Waals surface area contributed by atoms with E-state index in [1.165, 1.54) is 6.92 Å². The molecule has 1 N–H and O–H groups in total. The van der Waals surface area contributed by atoms with E-state index in [-0.39, 0.29) is 11.2 Å². The van der Waals surface area contributed by atoms with Gasteiger partial charge in [-0.1, -0.05) is 32.9 Å². The second-order valence-corrected chi connectivity index (χ2v) is 7.82. The van der Waals surface area contributed by atoms with Crippen LogP contribution in [0.4, 0.5) is 5.69 Å². The number of rotatable bonds is 7. The molecule has 6 nitrogen and oxygen atoms in total. The second kappa shape index (κ2) is 9.37. The molecule has 0 aromatic heterocycles. The first-order valence-electron chi connectivity index (χ1n) is 9.41. The highest BCUT2D eigenvalue weighted by Crippen LogP contribution is 2.24. The Morgan fingerprint density at radius 2 is 1.55 bits per heavy atom. The van der Waals surface area contributed by atoms with Crippen molar-refractivity contribution in [2.75, 3.05) is 11.9 Å². The Morgan fingerprint density at radius 3 is 2.07 bits per heavy atom. The van der Waals surface area contributed by atoms with Crippen molar-refractivity contribution in [1.82, 2.24) is 0 Å². The lowest BCUT2D eigenvalue weighted by Crippen LogP contribution is -2.29. The van der Waals surface area contributed by atoms with E-state index in [1.54, 1.807) is 31.2 Å². The van der Waals surface area contributed by atoms with Crippen LogP contribution in [0.5, 0.6) is 5.75 Å². The zero-order chi connectivity index (χ0) is 21.6. The average molecular weight is 397 g/mol. The summed E-state index contributed by atoms with van der Waals surface area (Å²) in [7, 11) is 0. The molecule has 2 aromatic carbocycles. The van der Waals surface area contributed by atoms with Gasteiger partial charge in [0.25, 0.3) is 5.91 Å². The summed E-state index contributed by atoms with van der Waals surface area (Å²) in [5, 5.41) is 2.60. The summed E-state index contributed by atoms with van der Waals surface area (Å²) >= 11 is 0. The molecule has 0 aliphatic carbocycles. The van der Waals surface area contributed by atoms with Crippen molar-refractivity contribution in [3.05, 3.63) is 59.7 Å². The third-order valence-corrected chi connectivity index (χ3v) is 4.29. The molecule has 0 fully saturated rings. The maximum Gasteiger partial charge on any atom is 0.347 e. The summed E-state index contributed by atoms with van der Waals surface area (Å²) in [6.07, 6.45) is -0.849. The topological polar surface area (TPSA) is 81.7 Å². The summed E-state index contributed by atoms with van der Waals surface area (Å²) in [4.78, 5) is 35.3. The molecular formula is C23H27NO5. The van der Waals surface area contributed by atoms with E-state index >= 15 is 0 Å². The second-order valence-electron chi connectivity index (χ2n) is 7.82. The minimum atomic E-state index is -0.849. The highest BCUT2D eigenvalue weighted by atomic mass is 16.6. The van der Waals surface area contributed by atoms with Crippen molar-refractivity contribution >= 4 is 23.3 Å². The van der Waals surface area contributed by atoms with Crippen molar-refractivity contribution in [2.45, 2.75) is 46.1 Å². The molecule has 0 saturated heterocycles. The normalized spacial score (nSPS) is 12.0. The summed E-state index contributed by atoms with van der Waals surface area (Å²) < 4.78 is 10.6. The third kappa shape index (κ3) is 6.75. The van der Waals surface area contributed by atoms with Gasteiger partial charge in [0.05, 0.1) is 0 Å². The van der Waals surface area contributed by atoms with Gasteiger partial charge in [-0.3, -0.25) is 9.59 Å². The Labute approximate surface area is 171 Å². The molecule has 0 aliphatic rings. The molecular weight excluding hydrogens is 370 g/mol. The molecule has 2 rings (SSSR count). The fraction of sp³-hybridized carbons (Fsp3) is 0.348. The first-order chi connectivity index (χ1) is 13.6. The minimum Gasteiger partial charge on any atom is -0.479 e. The molecule has 154 valence electrons. The average Bonchev–Trinajstić information content (AvgIpc) is 2.66. The molecule has 0 unspecified atom stereocenters. The molecule has 6 heteroatoms. The Bertz CT molecular complexity index is 864. The van der Waals surface area contributed by atoms with Crippen molar-refractivity contribution in [3.8, 4) is 5.75 Å². The van der Waals surface area contributed by atoms with Crippen molar-refractivity contribution in [2.24, 2.45) is 0 Å². The zero-order valence-corrected chi connectivity index (χ0v) is 17.4. The number of benzene rings is 2. The quantitative estimate of drug-likeness (QED) is 0.561. The number of hydrogen-bond acceptors (Lipinski definition) is 5. The number of esters is 1. The van der Waals surface area contributed by atoms with Gasteiger partial charge in [0, 0.05) is 11.3 Å². The molecule has 0 heterocycles. The van der Waals surface area contributed by atoms with Gasteiger partial charge in [-0.25, -0.2) is 4.79 Å². The number of nitrogens with one attached hydrogen (secondary N) is 1. The van der Waals surface area contributed by atoms with E-state index in [0.717, 1.165) is 5.56 Å². The Hall–Kier alpha value is -3.15. The summed E-state index contributed by atoms with van der Waals surface area (Å²) in [6.45, 7) is 8.96. The smallest absolute Gasteiger partial charge is 0.347 e. The molecule has 1 atom stereocenters. The van der Waals surface area contributed by atoms with Crippen LogP contribution in [0.1, 0.15) is 50.5 Å². The van der Waals surface area contributed by atoms with Gasteiger partial charge >= 0.3 is 5.97 Å². The highest BCUT2D eigenvalue weighted by Gasteiger charge is 2.19. The van der Waals surface area contributed by atoms with Crippen LogP contribution in [0.3, 0.4) is 0 Å². The van der Waals surface area contributed by atoms with Gasteiger partial charge in [-0.15, -0.1) is 0 Å². The van der Waals surface area contributed by atoms with Crippen LogP contribution in [0, 0.1) is 0 Å². The van der Waals surface area contributed by atoms with Crippen molar-refractivity contribution < 1.29 is 23.9 Å². The molecule has 0 spiro atoms. The fourth-order valence-corrected chi connectivity index (χ4v) is 2.53. The number of Topliss-reactive ketones (excluding diaryl/α,β-unsaturated/α-hetero) is 1. The molecule has 0 saturated carbocycles. The van der Waals surface area contributed by atoms with E-state index in [4.69, 9.17) is 9.47 Å². The summed E-state index contributed by atoms with van der Waals surface area (Å²) in [5.41, 5.74) is 2.26. The summed E-state index contributed by atoms with van der Waals surface area (Å²) in [5.74, 6) is -0.612. The van der Waals surface area contributed by atoms with Crippen molar-refractivity contribution in [1.29, 1.82) is 0 Å². The fourth-order valence-electron chi connectivity index (χ4n) is 2.53. The van der Waals surface area contributed by atoms with Crippen LogP contribution in [0.2, 0.25) is 0 Å². The van der Waals surface area contributed by atoms with Crippen LogP contribution >= 0.6 is 0 Å². The molecule has 0 radical (unpaired) electrons. The lowest BCUT2D eigenvalue weighted by atomic mass is 9.87. The monoisotopic (exact) mass is 397 g/mol. The van der Waals surface area contributed by atoms with Gasteiger partial charge in [0.15, 0.2) is 18.5 Å². The molecule has 2 aromatic rings. The van der Waals surface area contributed by atoms with E-state index in [0.29, 0.717) is 17.0 Å². The lowest BCUT2D eigenvalue weighted by Gasteiger charge is -2.20. The Balaban J connectivity index is 1.81. The van der Waals surface area contributed by atoms with Gasteiger partial charge in [-0.05, 0) is 61.2 Å². The van der Waals surface area contributed by atoms with E-state index < -0.39 is 24.6 Å². The van der Waals surface area contributed by atoms with Crippen LogP contribution < -0.4 is 10.1 Å². The van der Waals surface area contributed by atoms with E-state index in [1.807, 2.05) is 24.3 Å². The minimum absolute atomic E-state index is 0.0306. The molecule has 0 bridgehead atoms. The number of anilines is 1.